The molecule has 198 valence electrons. The van der Waals surface area contributed by atoms with Crippen molar-refractivity contribution in [3.8, 4) is 11.5 Å². The second-order valence-electron chi connectivity index (χ2n) is 8.77. The Labute approximate surface area is 236 Å². The van der Waals surface area contributed by atoms with Crippen LogP contribution in [0.4, 0.5) is 17.1 Å². The third-order valence-corrected chi connectivity index (χ3v) is 8.83. The van der Waals surface area contributed by atoms with Crippen LogP contribution in [-0.2, 0) is 4.79 Å². The predicted octanol–water partition coefficient (Wildman–Crippen LogP) is 7.66. The van der Waals surface area contributed by atoms with Gasteiger partial charge in [-0.3, -0.25) is 14.5 Å². The molecule has 1 heterocycles. The van der Waals surface area contributed by atoms with Crippen LogP contribution in [-0.4, -0.2) is 31.3 Å². The van der Waals surface area contributed by atoms with Gasteiger partial charge in [-0.2, -0.15) is 0 Å². The molecule has 0 aromatic heterocycles. The van der Waals surface area contributed by atoms with Crippen molar-refractivity contribution in [3.05, 3.63) is 96.6 Å². The summed E-state index contributed by atoms with van der Waals surface area (Å²) in [5.74, 6) is 0.849. The Morgan fingerprint density at radius 2 is 1.46 bits per heavy atom. The summed E-state index contributed by atoms with van der Waals surface area (Å²) in [4.78, 5) is 31.7. The van der Waals surface area contributed by atoms with E-state index < -0.39 is 0 Å². The number of rotatable bonds is 8. The number of nitrogens with zero attached hydrogens (tertiary/aromatic N) is 1. The maximum Gasteiger partial charge on any atom is 0.255 e. The maximum absolute atomic E-state index is 13.9. The van der Waals surface area contributed by atoms with Crippen molar-refractivity contribution in [2.45, 2.75) is 33.3 Å². The summed E-state index contributed by atoms with van der Waals surface area (Å²) in [7, 11) is 3.09. The molecule has 1 N–H and O–H groups in total. The van der Waals surface area contributed by atoms with Crippen LogP contribution in [0.5, 0.6) is 11.5 Å². The van der Waals surface area contributed by atoms with E-state index in [-0.39, 0.29) is 17.1 Å². The van der Waals surface area contributed by atoms with Crippen LogP contribution in [0.3, 0.4) is 0 Å². The number of fused-ring (bicyclic) bond motifs is 2. The van der Waals surface area contributed by atoms with Gasteiger partial charge in [0.05, 0.1) is 30.8 Å². The smallest absolute Gasteiger partial charge is 0.255 e. The Bertz CT molecular complexity index is 1460. The molecule has 0 aliphatic carbocycles. The average molecular weight is 557 g/mol. The molecule has 0 saturated heterocycles. The molecule has 6 nitrogen and oxygen atoms in total. The third-order valence-electron chi connectivity index (χ3n) is 6.34. The minimum absolute atomic E-state index is 0.0496. The highest BCUT2D eigenvalue weighted by Crippen LogP contribution is 2.48. The number of thioether (sulfide) groups is 1. The van der Waals surface area contributed by atoms with E-state index in [1.807, 2.05) is 72.5 Å². The monoisotopic (exact) mass is 556 g/mol. The van der Waals surface area contributed by atoms with Gasteiger partial charge < -0.3 is 14.8 Å². The lowest BCUT2D eigenvalue weighted by Crippen LogP contribution is -2.35. The molecule has 39 heavy (non-hydrogen) atoms. The summed E-state index contributed by atoms with van der Waals surface area (Å²) in [6.07, 6.45) is 0.676. The summed E-state index contributed by atoms with van der Waals surface area (Å²) >= 11 is 3.22. The minimum atomic E-state index is -0.276. The van der Waals surface area contributed by atoms with Gasteiger partial charge >= 0.3 is 0 Å². The molecular formula is C31H28N2O4S2. The van der Waals surface area contributed by atoms with Crippen LogP contribution in [0.1, 0.15) is 23.7 Å². The third kappa shape index (κ3) is 5.62. The number of carbonyl (C=O) groups is 2. The Morgan fingerprint density at radius 3 is 2.05 bits per heavy atom. The Balaban J connectivity index is 1.31. The standard InChI is InChI=1S/C31H28N2O4S2/c1-4-27(31(35)33-23-9-5-7-11-28(23)39-29-12-8-6-10-24(29)33)38-22-16-14-21(15-17-22)32-30(34)20-13-18-25(36-2)26(19-20)37-3/h5-19,27H,4H2,1-3H3,(H,32,34). The predicted molar refractivity (Wildman–Crippen MR) is 158 cm³/mol. The first kappa shape index (κ1) is 26.7. The van der Waals surface area contributed by atoms with E-state index in [0.717, 1.165) is 26.1 Å². The van der Waals surface area contributed by atoms with Gasteiger partial charge in [0.1, 0.15) is 0 Å². The molecule has 0 bridgehead atoms. The zero-order valence-corrected chi connectivity index (χ0v) is 23.5. The SMILES string of the molecule is CCC(Sc1ccc(NC(=O)c2ccc(OC)c(OC)c2)cc1)C(=O)N1c2ccccc2Sc2ccccc21. The first-order valence-corrected chi connectivity index (χ1v) is 14.2. The second-order valence-corrected chi connectivity index (χ2v) is 11.1. The summed E-state index contributed by atoms with van der Waals surface area (Å²) < 4.78 is 10.5. The van der Waals surface area contributed by atoms with E-state index in [9.17, 15) is 9.59 Å². The summed E-state index contributed by atoms with van der Waals surface area (Å²) in [6.45, 7) is 2.03. The van der Waals surface area contributed by atoms with Crippen molar-refractivity contribution in [1.29, 1.82) is 0 Å². The molecule has 8 heteroatoms. The second kappa shape index (κ2) is 11.9. The Hall–Kier alpha value is -3.88. The molecule has 1 aliphatic rings. The number of para-hydroxylation sites is 2. The molecule has 4 aromatic rings. The fourth-order valence-electron chi connectivity index (χ4n) is 4.36. The molecule has 1 aliphatic heterocycles. The molecule has 0 saturated carbocycles. The van der Waals surface area contributed by atoms with E-state index in [4.69, 9.17) is 9.47 Å². The maximum atomic E-state index is 13.9. The van der Waals surface area contributed by atoms with Crippen molar-refractivity contribution in [2.24, 2.45) is 0 Å². The molecule has 0 fully saturated rings. The van der Waals surface area contributed by atoms with Crippen LogP contribution < -0.4 is 19.7 Å². The normalized spacial score (nSPS) is 12.6. The molecule has 4 aromatic carbocycles. The van der Waals surface area contributed by atoms with Gasteiger partial charge in [0.15, 0.2) is 11.5 Å². The number of nitrogens with one attached hydrogen (secondary N) is 1. The van der Waals surface area contributed by atoms with Gasteiger partial charge in [0, 0.05) is 25.9 Å². The van der Waals surface area contributed by atoms with Gasteiger partial charge in [0.25, 0.3) is 5.91 Å². The van der Waals surface area contributed by atoms with Gasteiger partial charge in [-0.25, -0.2) is 0 Å². The molecule has 1 atom stereocenters. The van der Waals surface area contributed by atoms with Crippen molar-refractivity contribution >= 4 is 52.4 Å². The Morgan fingerprint density at radius 1 is 0.846 bits per heavy atom. The number of anilines is 3. The van der Waals surface area contributed by atoms with E-state index >= 15 is 0 Å². The summed E-state index contributed by atoms with van der Waals surface area (Å²) in [6, 6.07) is 28.6. The lowest BCUT2D eigenvalue weighted by atomic mass is 10.2. The topological polar surface area (TPSA) is 67.9 Å². The van der Waals surface area contributed by atoms with E-state index in [0.29, 0.717) is 29.2 Å². The van der Waals surface area contributed by atoms with Crippen LogP contribution in [0.25, 0.3) is 0 Å². The van der Waals surface area contributed by atoms with Gasteiger partial charge in [0.2, 0.25) is 5.91 Å². The van der Waals surface area contributed by atoms with Crippen LogP contribution in [0.2, 0.25) is 0 Å². The number of hydrogen-bond donors (Lipinski definition) is 1. The fraction of sp³-hybridized carbons (Fsp3) is 0.161. The van der Waals surface area contributed by atoms with E-state index in [2.05, 4.69) is 17.4 Å². The van der Waals surface area contributed by atoms with Crippen LogP contribution >= 0.6 is 23.5 Å². The molecule has 2 amide bonds. The largest absolute Gasteiger partial charge is 0.493 e. The van der Waals surface area contributed by atoms with Crippen molar-refractivity contribution in [2.75, 3.05) is 24.4 Å². The average Bonchev–Trinajstić information content (AvgIpc) is 2.98. The number of benzene rings is 4. The minimum Gasteiger partial charge on any atom is -0.493 e. The van der Waals surface area contributed by atoms with Gasteiger partial charge in [-0.1, -0.05) is 43.0 Å². The molecular weight excluding hydrogens is 528 g/mol. The van der Waals surface area contributed by atoms with Crippen molar-refractivity contribution in [3.63, 3.8) is 0 Å². The molecule has 1 unspecified atom stereocenters. The van der Waals surface area contributed by atoms with E-state index in [1.165, 1.54) is 18.9 Å². The summed E-state index contributed by atoms with van der Waals surface area (Å²) in [5, 5.41) is 2.64. The number of hydrogen-bond acceptors (Lipinski definition) is 6. The first-order valence-electron chi connectivity index (χ1n) is 12.5. The summed E-state index contributed by atoms with van der Waals surface area (Å²) in [5.41, 5.74) is 2.95. The fourth-order valence-corrected chi connectivity index (χ4v) is 6.41. The highest BCUT2D eigenvalue weighted by Gasteiger charge is 2.32. The zero-order valence-electron chi connectivity index (χ0n) is 21.8. The first-order chi connectivity index (χ1) is 19.0. The lowest BCUT2D eigenvalue weighted by Gasteiger charge is -2.33. The quantitative estimate of drug-likeness (QED) is 0.225. The molecule has 0 spiro atoms. The van der Waals surface area contributed by atoms with Crippen molar-refractivity contribution < 1.29 is 19.1 Å². The Kier molecular flexibility index (Phi) is 8.14. The van der Waals surface area contributed by atoms with Crippen LogP contribution in [0, 0.1) is 0 Å². The van der Waals surface area contributed by atoms with Crippen molar-refractivity contribution in [1.82, 2.24) is 0 Å². The molecule has 0 radical (unpaired) electrons. The number of ether oxygens (including phenoxy) is 2. The lowest BCUT2D eigenvalue weighted by molar-refractivity contribution is -0.117. The van der Waals surface area contributed by atoms with E-state index in [1.54, 1.807) is 37.1 Å². The highest BCUT2D eigenvalue weighted by atomic mass is 32.2. The molecule has 5 rings (SSSR count). The number of carbonyl (C=O) groups excluding carboxylic acids is 2. The number of amides is 2. The number of methoxy groups -OCH3 is 2. The van der Waals surface area contributed by atoms with Crippen LogP contribution in [0.15, 0.2) is 106 Å². The van der Waals surface area contributed by atoms with Gasteiger partial charge in [-0.15, -0.1) is 11.8 Å². The van der Waals surface area contributed by atoms with Gasteiger partial charge in [-0.05, 0) is 73.2 Å². The zero-order chi connectivity index (χ0) is 27.4. The highest BCUT2D eigenvalue weighted by molar-refractivity contribution is 8.00.